The van der Waals surface area contributed by atoms with Crippen molar-refractivity contribution in [3.05, 3.63) is 70.6 Å². The Morgan fingerprint density at radius 3 is 1.77 bits per heavy atom. The molecule has 4 amide bonds. The Morgan fingerprint density at radius 1 is 0.771 bits per heavy atom. The van der Waals surface area contributed by atoms with Crippen LogP contribution in [0.25, 0.3) is 21.3 Å². The maximum atomic E-state index is 14.8. The Labute approximate surface area is 277 Å². The fourth-order valence-corrected chi connectivity index (χ4v) is 7.44. The first kappa shape index (κ1) is 30.9. The van der Waals surface area contributed by atoms with E-state index in [-0.39, 0.29) is 45.7 Å². The summed E-state index contributed by atoms with van der Waals surface area (Å²) < 4.78 is 35.6. The molecule has 4 fully saturated rings. The van der Waals surface area contributed by atoms with Crippen LogP contribution >= 0.6 is 11.3 Å². The van der Waals surface area contributed by atoms with Gasteiger partial charge in [0, 0.05) is 33.1 Å². The first-order valence-corrected chi connectivity index (χ1v) is 16.0. The number of hydrazine groups is 2. The summed E-state index contributed by atoms with van der Waals surface area (Å²) in [6.45, 7) is 13.8. The number of thiazole rings is 1. The molecule has 0 N–H and O–H groups in total. The van der Waals surface area contributed by atoms with Crippen molar-refractivity contribution in [2.45, 2.75) is 39.5 Å². The van der Waals surface area contributed by atoms with Crippen LogP contribution < -0.4 is 9.80 Å². The molecule has 0 atom stereocenters. The van der Waals surface area contributed by atoms with Crippen molar-refractivity contribution in [3.63, 3.8) is 0 Å². The minimum atomic E-state index is -0.717. The van der Waals surface area contributed by atoms with Gasteiger partial charge in [-0.05, 0) is 44.7 Å². The zero-order valence-electron chi connectivity index (χ0n) is 26.1. The molecule has 244 valence electrons. The number of nitrogens with zero attached hydrogens (tertiary/aromatic N) is 10. The van der Waals surface area contributed by atoms with Gasteiger partial charge < -0.3 is 4.42 Å². The zero-order chi connectivity index (χ0) is 34.0. The van der Waals surface area contributed by atoms with E-state index in [0.717, 1.165) is 37.8 Å². The number of anilines is 2. The van der Waals surface area contributed by atoms with Gasteiger partial charge in [-0.2, -0.15) is 10.5 Å². The van der Waals surface area contributed by atoms with E-state index in [4.69, 9.17) is 4.42 Å². The fraction of sp³-hybridized carbons (Fsp3) is 0.312. The average Bonchev–Trinajstić information content (AvgIpc) is 3.80. The molecule has 4 aliphatic heterocycles. The lowest BCUT2D eigenvalue weighted by molar-refractivity contribution is 0.0499. The third-order valence-electron chi connectivity index (χ3n) is 8.59. The molecular weight excluding hydrogens is 642 g/mol. The number of fused-ring (bicyclic) bond motifs is 4. The topological polar surface area (TPSA) is 140 Å². The van der Waals surface area contributed by atoms with Crippen molar-refractivity contribution in [2.24, 2.45) is 0 Å². The van der Waals surface area contributed by atoms with E-state index in [1.54, 1.807) is 33.9 Å². The van der Waals surface area contributed by atoms with Crippen molar-refractivity contribution in [2.75, 3.05) is 36.0 Å². The Kier molecular flexibility index (Phi) is 7.40. The number of amides is 4. The monoisotopic (exact) mass is 670 g/mol. The second-order valence-corrected chi connectivity index (χ2v) is 12.7. The van der Waals surface area contributed by atoms with Crippen molar-refractivity contribution < 1.29 is 22.8 Å². The highest BCUT2D eigenvalue weighted by atomic mass is 32.1. The summed E-state index contributed by atoms with van der Waals surface area (Å²) in [5.74, 6) is -0.220. The Balaban J connectivity index is 0.000000152. The van der Waals surface area contributed by atoms with Crippen LogP contribution in [0.4, 0.5) is 29.7 Å². The van der Waals surface area contributed by atoms with Gasteiger partial charge in [-0.3, -0.25) is 10.0 Å². The first-order chi connectivity index (χ1) is 23.0. The molecule has 2 aromatic heterocycles. The van der Waals surface area contributed by atoms with Crippen LogP contribution in [-0.4, -0.2) is 68.2 Å². The normalized spacial score (nSPS) is 17.6. The van der Waals surface area contributed by atoms with E-state index in [9.17, 15) is 28.9 Å². The number of aromatic nitrogens is 2. The van der Waals surface area contributed by atoms with Crippen LogP contribution in [0.2, 0.25) is 0 Å². The van der Waals surface area contributed by atoms with Crippen LogP contribution in [0, 0.1) is 48.1 Å². The van der Waals surface area contributed by atoms with Crippen molar-refractivity contribution in [3.8, 4) is 12.1 Å². The second-order valence-electron chi connectivity index (χ2n) is 11.5. The third-order valence-corrected chi connectivity index (χ3v) is 9.57. The molecule has 4 aromatic rings. The molecule has 0 spiro atoms. The van der Waals surface area contributed by atoms with Gasteiger partial charge >= 0.3 is 12.1 Å². The minimum absolute atomic E-state index is 0.0472. The molecule has 0 aliphatic carbocycles. The number of benzene rings is 2. The molecular formula is C32H28F2N10O3S. The highest BCUT2D eigenvalue weighted by Gasteiger charge is 2.44. The van der Waals surface area contributed by atoms with Crippen molar-refractivity contribution in [1.29, 1.82) is 10.5 Å². The lowest BCUT2D eigenvalue weighted by Gasteiger charge is -2.32. The number of aryl methyl sites for hydroxylation is 2. The Hall–Kier alpha value is -5.74. The van der Waals surface area contributed by atoms with E-state index in [0.29, 0.717) is 58.9 Å². The average molecular weight is 671 g/mol. The number of rotatable bonds is 2. The molecule has 0 saturated carbocycles. The number of urea groups is 2. The molecule has 4 saturated heterocycles. The second kappa shape index (κ2) is 11.5. The van der Waals surface area contributed by atoms with Crippen LogP contribution in [0.3, 0.4) is 0 Å². The van der Waals surface area contributed by atoms with Crippen LogP contribution in [-0.2, 0) is 0 Å². The number of carbonyl (C=O) groups excluding carboxylic acids is 2. The molecule has 0 bridgehead atoms. The van der Waals surface area contributed by atoms with E-state index in [2.05, 4.69) is 23.1 Å². The van der Waals surface area contributed by atoms with Gasteiger partial charge in [0.05, 0.1) is 20.8 Å². The van der Waals surface area contributed by atoms with Crippen molar-refractivity contribution in [1.82, 2.24) is 30.0 Å². The summed E-state index contributed by atoms with van der Waals surface area (Å²) >= 11 is 1.27. The van der Waals surface area contributed by atoms with Gasteiger partial charge in [-0.25, -0.2) is 48.2 Å². The number of nitriles is 2. The highest BCUT2D eigenvalue weighted by molar-refractivity contribution is 7.19. The van der Waals surface area contributed by atoms with Crippen molar-refractivity contribution >= 4 is 56.1 Å². The SMILES string of the molecule is C=C1N(c2c(F)cc(C#N)c3nc(C)oc23)C(=O)N2CCCCN12.C=C1N(c2c(F)cc(C#N)c3nc(C)sc23)C(=O)N2CCCCN12. The first-order valence-electron chi connectivity index (χ1n) is 15.2. The largest absolute Gasteiger partial charge is 0.439 e. The number of hydrogen-bond acceptors (Lipinski definition) is 10. The molecule has 16 heteroatoms. The molecule has 0 unspecified atom stereocenters. The molecule has 6 heterocycles. The molecule has 48 heavy (non-hydrogen) atoms. The van der Waals surface area contributed by atoms with E-state index in [1.165, 1.54) is 21.1 Å². The predicted molar refractivity (Wildman–Crippen MR) is 172 cm³/mol. The lowest BCUT2D eigenvalue weighted by atomic mass is 10.1. The van der Waals surface area contributed by atoms with Gasteiger partial charge in [0.2, 0.25) is 0 Å². The zero-order valence-corrected chi connectivity index (χ0v) is 26.9. The van der Waals surface area contributed by atoms with Gasteiger partial charge in [-0.1, -0.05) is 13.2 Å². The quantitative estimate of drug-likeness (QED) is 0.243. The number of oxazole rings is 1. The molecule has 4 aliphatic rings. The maximum absolute atomic E-state index is 14.8. The Bertz CT molecular complexity index is 1960. The summed E-state index contributed by atoms with van der Waals surface area (Å²) in [4.78, 5) is 36.6. The van der Waals surface area contributed by atoms with Gasteiger partial charge in [-0.15, -0.1) is 11.3 Å². The molecule has 0 radical (unpaired) electrons. The van der Waals surface area contributed by atoms with E-state index >= 15 is 0 Å². The highest BCUT2D eigenvalue weighted by Crippen LogP contribution is 2.42. The molecule has 13 nitrogen and oxygen atoms in total. The number of halogens is 2. The van der Waals surface area contributed by atoms with E-state index in [1.807, 2.05) is 12.1 Å². The van der Waals surface area contributed by atoms with Gasteiger partial charge in [0.1, 0.15) is 52.0 Å². The van der Waals surface area contributed by atoms with Crippen LogP contribution in [0.1, 0.15) is 47.7 Å². The lowest BCUT2D eigenvalue weighted by Crippen LogP contribution is -2.43. The summed E-state index contributed by atoms with van der Waals surface area (Å²) in [7, 11) is 0. The summed E-state index contributed by atoms with van der Waals surface area (Å²) in [6, 6.07) is 5.41. The van der Waals surface area contributed by atoms with Crippen LogP contribution in [0.5, 0.6) is 0 Å². The molecule has 2 aromatic carbocycles. The van der Waals surface area contributed by atoms with Crippen LogP contribution in [0.15, 0.2) is 41.3 Å². The van der Waals surface area contributed by atoms with Gasteiger partial charge in [0.25, 0.3) is 0 Å². The predicted octanol–water partition coefficient (Wildman–Crippen LogP) is 6.21. The fourth-order valence-electron chi connectivity index (χ4n) is 6.47. The standard InChI is InChI=1S/C16H14FN5O2.C16H14FN5OS/c2*1-9-19-13-11(8-18)7-12(17)14(15(13)24-9)22-10(2)20-5-3-4-6-21(20)16(22)23/h2*7H,2-6H2,1H3. The summed E-state index contributed by atoms with van der Waals surface area (Å²) in [5.41, 5.74) is 1.08. The Morgan fingerprint density at radius 2 is 1.25 bits per heavy atom. The maximum Gasteiger partial charge on any atom is 0.349 e. The summed E-state index contributed by atoms with van der Waals surface area (Å²) in [6.07, 6.45) is 3.69. The van der Waals surface area contributed by atoms with Gasteiger partial charge in [0.15, 0.2) is 17.3 Å². The minimum Gasteiger partial charge on any atom is -0.439 e. The number of hydrogen-bond donors (Lipinski definition) is 0. The third kappa shape index (κ3) is 4.59. The van der Waals surface area contributed by atoms with E-state index < -0.39 is 11.6 Å². The number of carbonyl (C=O) groups is 2. The summed E-state index contributed by atoms with van der Waals surface area (Å²) in [5, 5.41) is 25.8. The smallest absolute Gasteiger partial charge is 0.349 e. The molecule has 8 rings (SSSR count).